The topological polar surface area (TPSA) is 21.3 Å². The first-order valence-electron chi connectivity index (χ1n) is 6.02. The molecule has 0 amide bonds. The molecule has 0 aliphatic rings. The Hall–Kier alpha value is -1.29. The second kappa shape index (κ2) is 6.44. The first-order valence-corrected chi connectivity index (χ1v) is 6.78. The van der Waals surface area contributed by atoms with Crippen LogP contribution in [0.2, 0.25) is 10.0 Å². The van der Waals surface area contributed by atoms with Crippen LogP contribution in [0.25, 0.3) is 0 Å². The van der Waals surface area contributed by atoms with Crippen molar-refractivity contribution in [3.63, 3.8) is 0 Å². The fourth-order valence-corrected chi connectivity index (χ4v) is 2.64. The first-order chi connectivity index (χ1) is 9.56. The second-order valence-corrected chi connectivity index (χ2v) is 5.10. The van der Waals surface area contributed by atoms with E-state index in [1.165, 1.54) is 12.1 Å². The Bertz CT molecular complexity index is 619. The molecular weight excluding hydrogens is 300 g/mol. The average Bonchev–Trinajstić information content (AvgIpc) is 2.42. The van der Waals surface area contributed by atoms with Gasteiger partial charge < -0.3 is 10.1 Å². The fourth-order valence-electron chi connectivity index (χ4n) is 2.10. The van der Waals surface area contributed by atoms with Gasteiger partial charge in [0.1, 0.15) is 11.6 Å². The predicted molar refractivity (Wildman–Crippen MR) is 80.3 cm³/mol. The molecule has 0 fully saturated rings. The largest absolute Gasteiger partial charge is 0.495 e. The SMILES string of the molecule is CNC(c1ccc(OC)c(Cl)c1)c1ccc(F)cc1Cl. The van der Waals surface area contributed by atoms with Gasteiger partial charge in [-0.3, -0.25) is 0 Å². The molecule has 1 atom stereocenters. The van der Waals surface area contributed by atoms with Crippen molar-refractivity contribution < 1.29 is 9.13 Å². The highest BCUT2D eigenvalue weighted by molar-refractivity contribution is 6.32. The van der Waals surface area contributed by atoms with Crippen LogP contribution in [0.1, 0.15) is 17.2 Å². The van der Waals surface area contributed by atoms with Crippen LogP contribution in [0.5, 0.6) is 5.75 Å². The van der Waals surface area contributed by atoms with Gasteiger partial charge in [0, 0.05) is 5.02 Å². The summed E-state index contributed by atoms with van der Waals surface area (Å²) in [5, 5.41) is 4.04. The summed E-state index contributed by atoms with van der Waals surface area (Å²) in [6, 6.07) is 9.67. The molecule has 1 N–H and O–H groups in total. The summed E-state index contributed by atoms with van der Waals surface area (Å²) in [6.07, 6.45) is 0. The molecule has 2 aromatic carbocycles. The van der Waals surface area contributed by atoms with E-state index in [2.05, 4.69) is 5.32 Å². The quantitative estimate of drug-likeness (QED) is 0.900. The molecule has 0 heterocycles. The van der Waals surface area contributed by atoms with E-state index in [4.69, 9.17) is 27.9 Å². The van der Waals surface area contributed by atoms with E-state index >= 15 is 0 Å². The minimum Gasteiger partial charge on any atom is -0.495 e. The lowest BCUT2D eigenvalue weighted by Crippen LogP contribution is -2.18. The summed E-state index contributed by atoms with van der Waals surface area (Å²) in [6.45, 7) is 0. The number of benzene rings is 2. The number of nitrogens with one attached hydrogen (secondary N) is 1. The van der Waals surface area contributed by atoms with Gasteiger partial charge in [-0.2, -0.15) is 0 Å². The van der Waals surface area contributed by atoms with Gasteiger partial charge in [-0.15, -0.1) is 0 Å². The minimum absolute atomic E-state index is 0.175. The molecule has 0 radical (unpaired) electrons. The van der Waals surface area contributed by atoms with Crippen LogP contribution in [0.15, 0.2) is 36.4 Å². The van der Waals surface area contributed by atoms with Crippen molar-refractivity contribution in [3.05, 3.63) is 63.4 Å². The molecule has 0 aliphatic carbocycles. The van der Waals surface area contributed by atoms with Crippen molar-refractivity contribution in [1.29, 1.82) is 0 Å². The Morgan fingerprint density at radius 1 is 1.10 bits per heavy atom. The number of hydrogen-bond acceptors (Lipinski definition) is 2. The van der Waals surface area contributed by atoms with E-state index in [0.717, 1.165) is 11.1 Å². The van der Waals surface area contributed by atoms with E-state index in [1.807, 2.05) is 13.1 Å². The molecule has 20 heavy (non-hydrogen) atoms. The van der Waals surface area contributed by atoms with Crippen LogP contribution in [0.3, 0.4) is 0 Å². The van der Waals surface area contributed by atoms with Gasteiger partial charge in [0.2, 0.25) is 0 Å². The molecule has 106 valence electrons. The third-order valence-corrected chi connectivity index (χ3v) is 3.69. The average molecular weight is 314 g/mol. The zero-order valence-electron chi connectivity index (χ0n) is 11.1. The zero-order chi connectivity index (χ0) is 14.7. The number of rotatable bonds is 4. The Kier molecular flexibility index (Phi) is 4.86. The van der Waals surface area contributed by atoms with Crippen molar-refractivity contribution >= 4 is 23.2 Å². The second-order valence-electron chi connectivity index (χ2n) is 4.28. The van der Waals surface area contributed by atoms with Crippen molar-refractivity contribution in [2.75, 3.05) is 14.2 Å². The zero-order valence-corrected chi connectivity index (χ0v) is 12.6. The van der Waals surface area contributed by atoms with E-state index in [9.17, 15) is 4.39 Å². The number of hydrogen-bond donors (Lipinski definition) is 1. The van der Waals surface area contributed by atoms with Gasteiger partial charge in [0.05, 0.1) is 18.2 Å². The lowest BCUT2D eigenvalue weighted by Gasteiger charge is -2.19. The van der Waals surface area contributed by atoms with Crippen molar-refractivity contribution in [1.82, 2.24) is 5.32 Å². The highest BCUT2D eigenvalue weighted by atomic mass is 35.5. The third-order valence-electron chi connectivity index (χ3n) is 3.07. The monoisotopic (exact) mass is 313 g/mol. The van der Waals surface area contributed by atoms with Crippen LogP contribution in [0, 0.1) is 5.82 Å². The lowest BCUT2D eigenvalue weighted by atomic mass is 9.98. The van der Waals surface area contributed by atoms with E-state index in [-0.39, 0.29) is 11.9 Å². The molecule has 0 bridgehead atoms. The van der Waals surface area contributed by atoms with Crippen molar-refractivity contribution in [3.8, 4) is 5.75 Å². The molecule has 0 spiro atoms. The molecule has 2 aromatic rings. The smallest absolute Gasteiger partial charge is 0.137 e. The molecule has 5 heteroatoms. The van der Waals surface area contributed by atoms with Crippen LogP contribution >= 0.6 is 23.2 Å². The van der Waals surface area contributed by atoms with Gasteiger partial charge in [0.15, 0.2) is 0 Å². The van der Waals surface area contributed by atoms with Crippen molar-refractivity contribution in [2.45, 2.75) is 6.04 Å². The maximum atomic E-state index is 13.1. The molecular formula is C15H14Cl2FNO. The maximum Gasteiger partial charge on any atom is 0.137 e. The molecule has 2 rings (SSSR count). The van der Waals surface area contributed by atoms with Crippen LogP contribution in [-0.4, -0.2) is 14.2 Å². The Labute approximate surface area is 127 Å². The molecule has 0 aliphatic heterocycles. The Morgan fingerprint density at radius 3 is 2.40 bits per heavy atom. The number of ether oxygens (including phenoxy) is 1. The third kappa shape index (κ3) is 3.06. The number of methoxy groups -OCH3 is 1. The first kappa shape index (κ1) is 15.1. The Balaban J connectivity index is 2.44. The lowest BCUT2D eigenvalue weighted by molar-refractivity contribution is 0.414. The van der Waals surface area contributed by atoms with Gasteiger partial charge in [-0.05, 0) is 42.4 Å². The van der Waals surface area contributed by atoms with E-state index in [0.29, 0.717) is 15.8 Å². The highest BCUT2D eigenvalue weighted by Crippen LogP contribution is 2.33. The summed E-state index contributed by atoms with van der Waals surface area (Å²) in [4.78, 5) is 0. The van der Waals surface area contributed by atoms with Gasteiger partial charge in [-0.1, -0.05) is 35.3 Å². The van der Waals surface area contributed by atoms with Crippen molar-refractivity contribution in [2.24, 2.45) is 0 Å². The van der Waals surface area contributed by atoms with Gasteiger partial charge in [-0.25, -0.2) is 4.39 Å². The molecule has 0 saturated carbocycles. The Morgan fingerprint density at radius 2 is 1.85 bits per heavy atom. The standard InChI is InChI=1S/C15H14Cl2FNO/c1-19-15(11-5-4-10(18)8-12(11)16)9-3-6-14(20-2)13(17)7-9/h3-8,15,19H,1-2H3. The van der Waals surface area contributed by atoms with E-state index < -0.39 is 0 Å². The molecule has 0 saturated heterocycles. The van der Waals surface area contributed by atoms with Crippen LogP contribution < -0.4 is 10.1 Å². The summed E-state index contributed by atoms with van der Waals surface area (Å²) < 4.78 is 18.3. The number of halogens is 3. The minimum atomic E-state index is -0.360. The van der Waals surface area contributed by atoms with Gasteiger partial charge in [0.25, 0.3) is 0 Å². The van der Waals surface area contributed by atoms with Gasteiger partial charge >= 0.3 is 0 Å². The summed E-state index contributed by atoms with van der Waals surface area (Å²) >= 11 is 12.3. The van der Waals surface area contributed by atoms with Crippen LogP contribution in [-0.2, 0) is 0 Å². The summed E-state index contributed by atoms with van der Waals surface area (Å²) in [7, 11) is 3.37. The normalized spacial score (nSPS) is 12.2. The fraction of sp³-hybridized carbons (Fsp3) is 0.200. The maximum absolute atomic E-state index is 13.1. The van der Waals surface area contributed by atoms with Crippen LogP contribution in [0.4, 0.5) is 4.39 Å². The summed E-state index contributed by atoms with van der Waals surface area (Å²) in [5.74, 6) is 0.247. The molecule has 2 nitrogen and oxygen atoms in total. The highest BCUT2D eigenvalue weighted by Gasteiger charge is 2.17. The molecule has 0 aromatic heterocycles. The molecule has 1 unspecified atom stereocenters. The predicted octanol–water partition coefficient (Wildman–Crippen LogP) is 4.45. The summed E-state index contributed by atoms with van der Waals surface area (Å²) in [5.41, 5.74) is 1.71. The van der Waals surface area contributed by atoms with E-state index in [1.54, 1.807) is 25.3 Å².